The first-order valence-electron chi connectivity index (χ1n) is 7.89. The molecule has 1 amide bonds. The van der Waals surface area contributed by atoms with Crippen LogP contribution in [0.4, 0.5) is 10.1 Å². The third kappa shape index (κ3) is 6.16. The molecule has 2 aromatic carbocycles. The quantitative estimate of drug-likeness (QED) is 0.527. The third-order valence-corrected chi connectivity index (χ3v) is 3.90. The van der Waals surface area contributed by atoms with Gasteiger partial charge >= 0.3 is 0 Å². The number of hydrazine groups is 1. The molecular formula is C18H19ClFN3O2S. The van der Waals surface area contributed by atoms with Crippen LogP contribution in [0.3, 0.4) is 0 Å². The average molecular weight is 396 g/mol. The summed E-state index contributed by atoms with van der Waals surface area (Å²) in [6.45, 7) is 3.93. The molecule has 26 heavy (non-hydrogen) atoms. The van der Waals surface area contributed by atoms with Gasteiger partial charge in [-0.2, -0.15) is 0 Å². The summed E-state index contributed by atoms with van der Waals surface area (Å²) in [4.78, 5) is 11.8. The summed E-state index contributed by atoms with van der Waals surface area (Å²) in [5, 5.41) is 3.28. The molecule has 138 valence electrons. The molecule has 3 N–H and O–H groups in total. The zero-order chi connectivity index (χ0) is 19.1. The minimum atomic E-state index is -0.480. The molecule has 0 radical (unpaired) electrons. The first-order valence-corrected chi connectivity index (χ1v) is 8.67. The molecule has 2 aromatic rings. The number of thiocarbonyl (C=S) groups is 1. The van der Waals surface area contributed by atoms with Gasteiger partial charge < -0.3 is 10.1 Å². The van der Waals surface area contributed by atoms with Crippen LogP contribution < -0.4 is 20.9 Å². The Hall–Kier alpha value is -2.38. The lowest BCUT2D eigenvalue weighted by atomic mass is 10.0. The van der Waals surface area contributed by atoms with Gasteiger partial charge in [-0.15, -0.1) is 0 Å². The van der Waals surface area contributed by atoms with Crippen LogP contribution in [0.15, 0.2) is 42.5 Å². The highest BCUT2D eigenvalue weighted by atomic mass is 35.5. The Kier molecular flexibility index (Phi) is 7.17. The van der Waals surface area contributed by atoms with Crippen LogP contribution >= 0.6 is 23.8 Å². The van der Waals surface area contributed by atoms with Crippen molar-refractivity contribution in [2.75, 3.05) is 11.9 Å². The number of nitrogens with one attached hydrogen (secondary N) is 3. The molecule has 0 saturated heterocycles. The maximum absolute atomic E-state index is 12.9. The zero-order valence-electron chi connectivity index (χ0n) is 14.3. The fourth-order valence-corrected chi connectivity index (χ4v) is 2.40. The second-order valence-electron chi connectivity index (χ2n) is 5.77. The van der Waals surface area contributed by atoms with E-state index in [0.717, 1.165) is 11.8 Å². The van der Waals surface area contributed by atoms with Crippen LogP contribution in [0.2, 0.25) is 5.02 Å². The van der Waals surface area contributed by atoms with Crippen molar-refractivity contribution in [2.24, 2.45) is 0 Å². The van der Waals surface area contributed by atoms with Gasteiger partial charge in [-0.25, -0.2) is 4.39 Å². The molecule has 0 fully saturated rings. The smallest absolute Gasteiger partial charge is 0.276 e. The van der Waals surface area contributed by atoms with E-state index in [-0.39, 0.29) is 22.5 Å². The first kappa shape index (κ1) is 19.9. The van der Waals surface area contributed by atoms with E-state index >= 15 is 0 Å². The van der Waals surface area contributed by atoms with E-state index < -0.39 is 11.7 Å². The number of hydrogen-bond donors (Lipinski definition) is 3. The Morgan fingerprint density at radius 2 is 1.88 bits per heavy atom. The number of benzene rings is 2. The fraction of sp³-hybridized carbons (Fsp3) is 0.222. The standard InChI is InChI=1S/C18H19ClFN3O2S/c1-11(2)12-3-6-14(7-4-12)21-18(26)23-22-17(24)10-25-16-8-5-13(20)9-15(16)19/h3-9,11H,10H2,1-2H3,(H,22,24)(H2,21,23,26). The maximum Gasteiger partial charge on any atom is 0.276 e. The van der Waals surface area contributed by atoms with Crippen molar-refractivity contribution in [2.45, 2.75) is 19.8 Å². The number of hydrogen-bond acceptors (Lipinski definition) is 3. The lowest BCUT2D eigenvalue weighted by Gasteiger charge is -2.13. The summed E-state index contributed by atoms with van der Waals surface area (Å²) < 4.78 is 18.2. The average Bonchev–Trinajstić information content (AvgIpc) is 2.59. The minimum absolute atomic E-state index is 0.0905. The molecule has 0 saturated carbocycles. The normalized spacial score (nSPS) is 10.3. The molecule has 0 aliphatic heterocycles. The number of carbonyl (C=O) groups excluding carboxylic acids is 1. The van der Waals surface area contributed by atoms with E-state index in [1.54, 1.807) is 0 Å². The van der Waals surface area contributed by atoms with Gasteiger partial charge in [-0.05, 0) is 54.0 Å². The topological polar surface area (TPSA) is 62.4 Å². The van der Waals surface area contributed by atoms with Crippen LogP contribution in [0.1, 0.15) is 25.3 Å². The van der Waals surface area contributed by atoms with Gasteiger partial charge in [0.1, 0.15) is 11.6 Å². The Bertz CT molecular complexity index is 785. The number of ether oxygens (including phenoxy) is 1. The molecule has 0 spiro atoms. The van der Waals surface area contributed by atoms with E-state index in [4.69, 9.17) is 28.6 Å². The Morgan fingerprint density at radius 3 is 2.50 bits per heavy atom. The van der Waals surface area contributed by atoms with Crippen LogP contribution in [0, 0.1) is 5.82 Å². The van der Waals surface area contributed by atoms with Crippen molar-refractivity contribution in [3.63, 3.8) is 0 Å². The molecule has 0 bridgehead atoms. The van der Waals surface area contributed by atoms with Crippen LogP contribution in [-0.4, -0.2) is 17.6 Å². The fourth-order valence-electron chi connectivity index (χ4n) is 2.01. The molecule has 0 unspecified atom stereocenters. The summed E-state index contributed by atoms with van der Waals surface area (Å²) in [6, 6.07) is 11.5. The SMILES string of the molecule is CC(C)c1ccc(NC(=S)NNC(=O)COc2ccc(F)cc2Cl)cc1. The molecule has 0 heterocycles. The van der Waals surface area contributed by atoms with Crippen LogP contribution in [0.5, 0.6) is 5.75 Å². The number of anilines is 1. The molecule has 2 rings (SSSR count). The van der Waals surface area contributed by atoms with Gasteiger partial charge in [0.2, 0.25) is 0 Å². The van der Waals surface area contributed by atoms with E-state index in [9.17, 15) is 9.18 Å². The van der Waals surface area contributed by atoms with Gasteiger partial charge in [0.15, 0.2) is 11.7 Å². The number of halogens is 2. The van der Waals surface area contributed by atoms with E-state index in [0.29, 0.717) is 5.92 Å². The van der Waals surface area contributed by atoms with Gasteiger partial charge in [0.25, 0.3) is 5.91 Å². The van der Waals surface area contributed by atoms with Gasteiger partial charge in [0, 0.05) is 5.69 Å². The molecule has 0 aliphatic carbocycles. The highest BCUT2D eigenvalue weighted by molar-refractivity contribution is 7.80. The van der Waals surface area contributed by atoms with E-state index in [2.05, 4.69) is 30.0 Å². The van der Waals surface area contributed by atoms with Crippen molar-refractivity contribution in [1.29, 1.82) is 0 Å². The third-order valence-electron chi connectivity index (χ3n) is 3.40. The van der Waals surface area contributed by atoms with Crippen molar-refractivity contribution in [1.82, 2.24) is 10.9 Å². The van der Waals surface area contributed by atoms with Crippen molar-refractivity contribution in [3.8, 4) is 5.75 Å². The largest absolute Gasteiger partial charge is 0.482 e. The van der Waals surface area contributed by atoms with Crippen LogP contribution in [-0.2, 0) is 4.79 Å². The summed E-state index contributed by atoms with van der Waals surface area (Å²) in [5.74, 6) is -0.284. The Balaban J connectivity index is 1.75. The van der Waals surface area contributed by atoms with Crippen molar-refractivity contribution in [3.05, 3.63) is 58.9 Å². The molecule has 8 heteroatoms. The number of carbonyl (C=O) groups is 1. The number of rotatable bonds is 5. The first-order chi connectivity index (χ1) is 12.3. The second kappa shape index (κ2) is 9.35. The van der Waals surface area contributed by atoms with Crippen molar-refractivity contribution < 1.29 is 13.9 Å². The summed E-state index contributed by atoms with van der Waals surface area (Å²) in [5.41, 5.74) is 7.00. The molecule has 0 aromatic heterocycles. The minimum Gasteiger partial charge on any atom is -0.482 e. The summed E-state index contributed by atoms with van der Waals surface area (Å²) in [7, 11) is 0. The molecule has 0 aliphatic rings. The lowest BCUT2D eigenvalue weighted by Crippen LogP contribution is -2.45. The number of amides is 1. The van der Waals surface area contributed by atoms with Crippen LogP contribution in [0.25, 0.3) is 0 Å². The van der Waals surface area contributed by atoms with Gasteiger partial charge in [0.05, 0.1) is 5.02 Å². The summed E-state index contributed by atoms with van der Waals surface area (Å²) >= 11 is 10.9. The highest BCUT2D eigenvalue weighted by Gasteiger charge is 2.07. The predicted octanol–water partition coefficient (Wildman–Crippen LogP) is 4.00. The highest BCUT2D eigenvalue weighted by Crippen LogP contribution is 2.24. The van der Waals surface area contributed by atoms with Gasteiger partial charge in [-0.1, -0.05) is 37.6 Å². The molecule has 0 atom stereocenters. The summed E-state index contributed by atoms with van der Waals surface area (Å²) in [6.07, 6.45) is 0. The maximum atomic E-state index is 12.9. The molecule has 5 nitrogen and oxygen atoms in total. The van der Waals surface area contributed by atoms with E-state index in [1.807, 2.05) is 24.3 Å². The van der Waals surface area contributed by atoms with Crippen molar-refractivity contribution >= 4 is 40.5 Å². The van der Waals surface area contributed by atoms with Gasteiger partial charge in [-0.3, -0.25) is 15.6 Å². The lowest BCUT2D eigenvalue weighted by molar-refractivity contribution is -0.123. The monoisotopic (exact) mass is 395 g/mol. The Labute approximate surface area is 161 Å². The predicted molar refractivity (Wildman–Crippen MR) is 105 cm³/mol. The molecular weight excluding hydrogens is 377 g/mol. The Morgan fingerprint density at radius 1 is 1.19 bits per heavy atom. The van der Waals surface area contributed by atoms with E-state index in [1.165, 1.54) is 17.7 Å². The zero-order valence-corrected chi connectivity index (χ0v) is 15.9. The second-order valence-corrected chi connectivity index (χ2v) is 6.58.